The van der Waals surface area contributed by atoms with Crippen molar-refractivity contribution in [3.8, 4) is 0 Å². The Morgan fingerprint density at radius 1 is 1.38 bits per heavy atom. The van der Waals surface area contributed by atoms with Crippen molar-refractivity contribution < 1.29 is 13.2 Å². The number of nitrogens with two attached hydrogens (primary N) is 1. The highest BCUT2D eigenvalue weighted by Crippen LogP contribution is 2.25. The van der Waals surface area contributed by atoms with Gasteiger partial charge in [0.1, 0.15) is 0 Å². The second-order valence-electron chi connectivity index (χ2n) is 5.36. The highest BCUT2D eigenvalue weighted by molar-refractivity contribution is 9.10. The monoisotopic (exact) mass is 376 g/mol. The molecule has 118 valence electrons. The van der Waals surface area contributed by atoms with Crippen LogP contribution in [0.4, 0.5) is 0 Å². The molecular formula is C14H21BrN2O3S. The van der Waals surface area contributed by atoms with Crippen molar-refractivity contribution in [2.24, 2.45) is 11.1 Å². The summed E-state index contributed by atoms with van der Waals surface area (Å²) in [7, 11) is -3.87. The molecule has 2 N–H and O–H groups in total. The lowest BCUT2D eigenvalue weighted by molar-refractivity contribution is 0.0744. The van der Waals surface area contributed by atoms with Crippen LogP contribution in [-0.4, -0.2) is 32.3 Å². The van der Waals surface area contributed by atoms with Gasteiger partial charge in [0.05, 0.1) is 4.90 Å². The van der Waals surface area contributed by atoms with E-state index in [2.05, 4.69) is 15.9 Å². The molecule has 0 spiro atoms. The lowest BCUT2D eigenvalue weighted by Gasteiger charge is -2.24. The van der Waals surface area contributed by atoms with E-state index < -0.39 is 10.0 Å². The van der Waals surface area contributed by atoms with E-state index in [1.807, 2.05) is 20.8 Å². The lowest BCUT2D eigenvalue weighted by Crippen LogP contribution is -2.34. The van der Waals surface area contributed by atoms with Gasteiger partial charge in [-0.15, -0.1) is 0 Å². The number of hydrogen-bond acceptors (Lipinski definition) is 3. The van der Waals surface area contributed by atoms with Crippen LogP contribution in [0, 0.1) is 12.8 Å². The summed E-state index contributed by atoms with van der Waals surface area (Å²) in [5, 5.41) is 5.21. The van der Waals surface area contributed by atoms with Gasteiger partial charge in [-0.05, 0) is 37.5 Å². The number of nitrogens with zero attached hydrogens (tertiary/aromatic N) is 1. The van der Waals surface area contributed by atoms with E-state index in [1.165, 1.54) is 6.07 Å². The maximum Gasteiger partial charge on any atom is 0.254 e. The first-order valence-electron chi connectivity index (χ1n) is 6.70. The number of halogens is 1. The molecule has 0 heterocycles. The van der Waals surface area contributed by atoms with Gasteiger partial charge in [0.15, 0.2) is 0 Å². The summed E-state index contributed by atoms with van der Waals surface area (Å²) in [5.41, 5.74) is 0.740. The van der Waals surface area contributed by atoms with E-state index in [-0.39, 0.29) is 10.8 Å². The Morgan fingerprint density at radius 3 is 2.38 bits per heavy atom. The summed E-state index contributed by atoms with van der Waals surface area (Å²) < 4.78 is 23.8. The Balaban J connectivity index is 3.36. The molecule has 1 aromatic carbocycles. The van der Waals surface area contributed by atoms with Crippen molar-refractivity contribution in [1.82, 2.24) is 4.90 Å². The molecule has 0 aromatic heterocycles. The second kappa shape index (κ2) is 6.89. The van der Waals surface area contributed by atoms with Crippen molar-refractivity contribution in [3.05, 3.63) is 27.7 Å². The van der Waals surface area contributed by atoms with Crippen LogP contribution in [0.1, 0.15) is 36.7 Å². The zero-order valence-corrected chi connectivity index (χ0v) is 15.1. The van der Waals surface area contributed by atoms with Crippen LogP contribution in [0.5, 0.6) is 0 Å². The van der Waals surface area contributed by atoms with E-state index in [1.54, 1.807) is 17.9 Å². The third kappa shape index (κ3) is 4.52. The Hall–Kier alpha value is -0.920. The van der Waals surface area contributed by atoms with Crippen LogP contribution < -0.4 is 5.14 Å². The third-order valence-electron chi connectivity index (χ3n) is 3.12. The van der Waals surface area contributed by atoms with Gasteiger partial charge in [-0.3, -0.25) is 4.79 Å². The number of amides is 1. The first-order valence-corrected chi connectivity index (χ1v) is 9.04. The van der Waals surface area contributed by atoms with Crippen molar-refractivity contribution in [2.75, 3.05) is 13.1 Å². The number of benzene rings is 1. The van der Waals surface area contributed by atoms with E-state index in [9.17, 15) is 13.2 Å². The van der Waals surface area contributed by atoms with Crippen LogP contribution in [0.3, 0.4) is 0 Å². The molecular weight excluding hydrogens is 356 g/mol. The Labute approximate surface area is 134 Å². The highest BCUT2D eigenvalue weighted by Gasteiger charge is 2.22. The number of carbonyl (C=O) groups excluding carboxylic acids is 1. The fourth-order valence-electron chi connectivity index (χ4n) is 2.14. The quantitative estimate of drug-likeness (QED) is 0.856. The maximum atomic E-state index is 12.6. The summed E-state index contributed by atoms with van der Waals surface area (Å²) >= 11 is 3.24. The molecule has 0 saturated carbocycles. The third-order valence-corrected chi connectivity index (χ3v) is 4.61. The Morgan fingerprint density at radius 2 is 1.95 bits per heavy atom. The van der Waals surface area contributed by atoms with E-state index in [0.29, 0.717) is 34.6 Å². The molecule has 5 nitrogen and oxygen atoms in total. The molecule has 1 rings (SSSR count). The SMILES string of the molecule is CCN(CC(C)C)C(=O)c1cc(Br)cc(S(N)(=O)=O)c1C. The van der Waals surface area contributed by atoms with Gasteiger partial charge in [-0.25, -0.2) is 13.6 Å². The van der Waals surface area contributed by atoms with E-state index >= 15 is 0 Å². The van der Waals surface area contributed by atoms with Crippen LogP contribution >= 0.6 is 15.9 Å². The minimum Gasteiger partial charge on any atom is -0.339 e. The minimum absolute atomic E-state index is 0.0270. The molecule has 0 aliphatic carbocycles. The van der Waals surface area contributed by atoms with Crippen LogP contribution in [-0.2, 0) is 10.0 Å². The molecule has 0 fully saturated rings. The van der Waals surface area contributed by atoms with Crippen LogP contribution in [0.2, 0.25) is 0 Å². The van der Waals surface area contributed by atoms with Gasteiger partial charge in [-0.1, -0.05) is 29.8 Å². The van der Waals surface area contributed by atoms with Crippen molar-refractivity contribution in [1.29, 1.82) is 0 Å². The maximum absolute atomic E-state index is 12.6. The lowest BCUT2D eigenvalue weighted by atomic mass is 10.1. The first kappa shape index (κ1) is 18.1. The molecule has 1 amide bonds. The predicted octanol–water partition coefficient (Wildman–Crippen LogP) is 2.52. The second-order valence-corrected chi connectivity index (χ2v) is 7.80. The fraction of sp³-hybridized carbons (Fsp3) is 0.500. The highest BCUT2D eigenvalue weighted by atomic mass is 79.9. The zero-order chi connectivity index (χ0) is 16.4. The predicted molar refractivity (Wildman–Crippen MR) is 86.7 cm³/mol. The van der Waals surface area contributed by atoms with Gasteiger partial charge >= 0.3 is 0 Å². The number of sulfonamides is 1. The standard InChI is InChI=1S/C14H21BrN2O3S/c1-5-17(8-9(2)3)14(18)12-6-11(15)7-13(10(12)4)21(16,19)20/h6-7,9H,5,8H2,1-4H3,(H2,16,19,20). The molecule has 0 aliphatic rings. The van der Waals surface area contributed by atoms with Gasteiger partial charge in [0, 0.05) is 23.1 Å². The largest absolute Gasteiger partial charge is 0.339 e. The summed E-state index contributed by atoms with van der Waals surface area (Å²) in [6.07, 6.45) is 0. The minimum atomic E-state index is -3.87. The number of carbonyl (C=O) groups is 1. The van der Waals surface area contributed by atoms with Gasteiger partial charge < -0.3 is 4.90 Å². The summed E-state index contributed by atoms with van der Waals surface area (Å²) in [4.78, 5) is 14.3. The van der Waals surface area contributed by atoms with E-state index in [4.69, 9.17) is 5.14 Å². The average Bonchev–Trinajstić information content (AvgIpc) is 2.36. The zero-order valence-electron chi connectivity index (χ0n) is 12.7. The van der Waals surface area contributed by atoms with E-state index in [0.717, 1.165) is 0 Å². The van der Waals surface area contributed by atoms with Gasteiger partial charge in [0.25, 0.3) is 5.91 Å². The van der Waals surface area contributed by atoms with Crippen LogP contribution in [0.25, 0.3) is 0 Å². The summed E-state index contributed by atoms with van der Waals surface area (Å²) in [6, 6.07) is 3.05. The molecule has 0 radical (unpaired) electrons. The summed E-state index contributed by atoms with van der Waals surface area (Å²) in [6.45, 7) is 8.73. The van der Waals surface area contributed by atoms with Crippen molar-refractivity contribution in [2.45, 2.75) is 32.6 Å². The number of primary sulfonamides is 1. The number of hydrogen-bond donors (Lipinski definition) is 1. The molecule has 0 bridgehead atoms. The fourth-order valence-corrected chi connectivity index (χ4v) is 3.58. The smallest absolute Gasteiger partial charge is 0.254 e. The summed E-state index contributed by atoms with van der Waals surface area (Å²) in [5.74, 6) is 0.147. The van der Waals surface area contributed by atoms with Gasteiger partial charge in [-0.2, -0.15) is 0 Å². The van der Waals surface area contributed by atoms with Crippen molar-refractivity contribution >= 4 is 31.9 Å². The van der Waals surface area contributed by atoms with Crippen molar-refractivity contribution in [3.63, 3.8) is 0 Å². The topological polar surface area (TPSA) is 80.5 Å². The normalized spacial score (nSPS) is 11.8. The molecule has 1 aromatic rings. The number of rotatable bonds is 5. The molecule has 21 heavy (non-hydrogen) atoms. The molecule has 7 heteroatoms. The van der Waals surface area contributed by atoms with Crippen LogP contribution in [0.15, 0.2) is 21.5 Å². The Bertz CT molecular complexity index is 642. The first-order chi connectivity index (χ1) is 9.57. The Kier molecular flexibility index (Phi) is 5.95. The molecule has 0 aliphatic heterocycles. The molecule has 0 saturated heterocycles. The van der Waals surface area contributed by atoms with Gasteiger partial charge in [0.2, 0.25) is 10.0 Å². The average molecular weight is 377 g/mol. The molecule has 0 atom stereocenters. The molecule has 0 unspecified atom stereocenters.